The lowest BCUT2D eigenvalue weighted by molar-refractivity contribution is -0.150. The van der Waals surface area contributed by atoms with Crippen molar-refractivity contribution < 1.29 is 4.74 Å². The van der Waals surface area contributed by atoms with Crippen LogP contribution in [0.25, 0.3) is 0 Å². The minimum Gasteiger partial charge on any atom is -0.377 e. The van der Waals surface area contributed by atoms with Gasteiger partial charge in [-0.15, -0.1) is 0 Å². The average molecular weight is 170 g/mol. The molecule has 1 aliphatic carbocycles. The summed E-state index contributed by atoms with van der Waals surface area (Å²) in [5.41, 5.74) is 11.9. The first-order chi connectivity index (χ1) is 5.54. The van der Waals surface area contributed by atoms with E-state index in [0.29, 0.717) is 18.6 Å². The molecule has 1 saturated heterocycles. The highest BCUT2D eigenvalue weighted by Gasteiger charge is 2.66. The van der Waals surface area contributed by atoms with E-state index in [0.717, 1.165) is 13.0 Å². The Kier molecular flexibility index (Phi) is 1.57. The Balaban J connectivity index is 2.25. The van der Waals surface area contributed by atoms with E-state index >= 15 is 0 Å². The summed E-state index contributed by atoms with van der Waals surface area (Å²) < 4.78 is 5.63. The first kappa shape index (κ1) is 8.48. The molecular formula is C9H18N2O. The molecule has 3 heteroatoms. The molecule has 3 unspecified atom stereocenters. The molecular weight excluding hydrogens is 152 g/mol. The summed E-state index contributed by atoms with van der Waals surface area (Å²) >= 11 is 0. The summed E-state index contributed by atoms with van der Waals surface area (Å²) in [5, 5.41) is 0. The van der Waals surface area contributed by atoms with Crippen LogP contribution in [0.15, 0.2) is 0 Å². The highest BCUT2D eigenvalue weighted by molar-refractivity contribution is 5.21. The number of rotatable bonds is 1. The molecule has 0 spiro atoms. The molecule has 2 aliphatic rings. The highest BCUT2D eigenvalue weighted by atomic mass is 16.5. The van der Waals surface area contributed by atoms with E-state index in [2.05, 4.69) is 13.8 Å². The Morgan fingerprint density at radius 3 is 2.75 bits per heavy atom. The Bertz CT molecular complexity index is 205. The minimum absolute atomic E-state index is 0.0584. The second-order valence-corrected chi connectivity index (χ2v) is 4.65. The smallest absolute Gasteiger partial charge is 0.0691 e. The van der Waals surface area contributed by atoms with Crippen LogP contribution in [0.3, 0.4) is 0 Å². The molecule has 1 saturated carbocycles. The topological polar surface area (TPSA) is 61.3 Å². The van der Waals surface area contributed by atoms with Crippen molar-refractivity contribution in [1.29, 1.82) is 0 Å². The van der Waals surface area contributed by atoms with Crippen LogP contribution in [0.1, 0.15) is 20.3 Å². The summed E-state index contributed by atoms with van der Waals surface area (Å²) in [6, 6.07) is 0. The lowest BCUT2D eigenvalue weighted by atomic mass is 9.48. The minimum atomic E-state index is -0.186. The number of hydrogen-bond donors (Lipinski definition) is 2. The van der Waals surface area contributed by atoms with Gasteiger partial charge in [0.25, 0.3) is 0 Å². The van der Waals surface area contributed by atoms with Crippen LogP contribution >= 0.6 is 0 Å². The van der Waals surface area contributed by atoms with Crippen molar-refractivity contribution >= 4 is 0 Å². The second kappa shape index (κ2) is 2.22. The van der Waals surface area contributed by atoms with Gasteiger partial charge in [0, 0.05) is 30.0 Å². The molecule has 70 valence electrons. The fraction of sp³-hybridized carbons (Fsp3) is 1.00. The van der Waals surface area contributed by atoms with E-state index in [-0.39, 0.29) is 11.0 Å². The monoisotopic (exact) mass is 170 g/mol. The second-order valence-electron chi connectivity index (χ2n) is 4.65. The zero-order chi connectivity index (χ0) is 8.98. The normalized spacial score (nSPS) is 50.0. The van der Waals surface area contributed by atoms with Gasteiger partial charge in [-0.3, -0.25) is 0 Å². The van der Waals surface area contributed by atoms with E-state index in [1.807, 2.05) is 0 Å². The summed E-state index contributed by atoms with van der Waals surface area (Å²) in [5.74, 6) is 0.498. The Hall–Kier alpha value is -0.120. The van der Waals surface area contributed by atoms with Gasteiger partial charge in [-0.05, 0) is 6.42 Å². The van der Waals surface area contributed by atoms with Gasteiger partial charge in [0.2, 0.25) is 0 Å². The molecule has 4 N–H and O–H groups in total. The molecule has 1 heterocycles. The van der Waals surface area contributed by atoms with E-state index in [1.54, 1.807) is 0 Å². The number of nitrogens with two attached hydrogens (primary N) is 2. The fourth-order valence-electron chi connectivity index (χ4n) is 2.89. The van der Waals surface area contributed by atoms with Crippen LogP contribution in [0.4, 0.5) is 0 Å². The summed E-state index contributed by atoms with van der Waals surface area (Å²) in [4.78, 5) is 0. The van der Waals surface area contributed by atoms with Crippen LogP contribution in [0.2, 0.25) is 0 Å². The molecule has 1 aliphatic heterocycles. The van der Waals surface area contributed by atoms with Crippen molar-refractivity contribution in [2.75, 3.05) is 13.2 Å². The first-order valence-electron chi connectivity index (χ1n) is 4.64. The van der Waals surface area contributed by atoms with Crippen LogP contribution in [0, 0.1) is 11.3 Å². The molecule has 12 heavy (non-hydrogen) atoms. The van der Waals surface area contributed by atoms with Gasteiger partial charge in [-0.1, -0.05) is 13.8 Å². The molecule has 0 aromatic carbocycles. The third-order valence-electron chi connectivity index (χ3n) is 4.00. The van der Waals surface area contributed by atoms with Crippen molar-refractivity contribution in [2.45, 2.75) is 31.9 Å². The number of fused-ring (bicyclic) bond motifs is 1. The Morgan fingerprint density at radius 2 is 2.17 bits per heavy atom. The van der Waals surface area contributed by atoms with Gasteiger partial charge in [-0.2, -0.15) is 0 Å². The highest BCUT2D eigenvalue weighted by Crippen LogP contribution is 2.57. The summed E-state index contributed by atoms with van der Waals surface area (Å²) in [6.45, 7) is 5.75. The van der Waals surface area contributed by atoms with E-state index < -0.39 is 0 Å². The maximum Gasteiger partial charge on any atom is 0.0691 e. The van der Waals surface area contributed by atoms with Crippen LogP contribution in [0.5, 0.6) is 0 Å². The standard InChI is InChI=1S/C9H18N2O/c1-8(2)7-6(3-4-12-7)9(8,11)5-10/h6-7H,3-5,10-11H2,1-2H3. The van der Waals surface area contributed by atoms with Crippen molar-refractivity contribution in [3.05, 3.63) is 0 Å². The van der Waals surface area contributed by atoms with Gasteiger partial charge in [0.05, 0.1) is 6.10 Å². The SMILES string of the molecule is CC1(C)C2OCCC2C1(N)CN. The zero-order valence-corrected chi connectivity index (χ0v) is 7.84. The average Bonchev–Trinajstić information content (AvgIpc) is 2.49. The lowest BCUT2D eigenvalue weighted by Gasteiger charge is -2.62. The molecule has 2 fully saturated rings. The summed E-state index contributed by atoms with van der Waals surface area (Å²) in [7, 11) is 0. The van der Waals surface area contributed by atoms with Crippen LogP contribution < -0.4 is 11.5 Å². The van der Waals surface area contributed by atoms with E-state index in [9.17, 15) is 0 Å². The maximum absolute atomic E-state index is 6.26. The third-order valence-corrected chi connectivity index (χ3v) is 4.00. The molecule has 3 nitrogen and oxygen atoms in total. The predicted octanol–water partition coefficient (Wildman–Crippen LogP) is 0.0875. The molecule has 3 atom stereocenters. The van der Waals surface area contributed by atoms with Gasteiger partial charge >= 0.3 is 0 Å². The van der Waals surface area contributed by atoms with Crippen LogP contribution in [-0.2, 0) is 4.74 Å². The number of hydrogen-bond acceptors (Lipinski definition) is 3. The molecule has 0 radical (unpaired) electrons. The largest absolute Gasteiger partial charge is 0.377 e. The van der Waals surface area contributed by atoms with Gasteiger partial charge < -0.3 is 16.2 Å². The van der Waals surface area contributed by atoms with E-state index in [4.69, 9.17) is 16.2 Å². The van der Waals surface area contributed by atoms with Crippen molar-refractivity contribution in [3.63, 3.8) is 0 Å². The molecule has 0 amide bonds. The Morgan fingerprint density at radius 1 is 1.50 bits per heavy atom. The fourth-order valence-corrected chi connectivity index (χ4v) is 2.89. The first-order valence-corrected chi connectivity index (χ1v) is 4.64. The van der Waals surface area contributed by atoms with Gasteiger partial charge in [-0.25, -0.2) is 0 Å². The quantitative estimate of drug-likeness (QED) is 0.586. The zero-order valence-electron chi connectivity index (χ0n) is 7.84. The van der Waals surface area contributed by atoms with Crippen LogP contribution in [-0.4, -0.2) is 24.8 Å². The van der Waals surface area contributed by atoms with Crippen molar-refractivity contribution in [3.8, 4) is 0 Å². The van der Waals surface area contributed by atoms with Crippen molar-refractivity contribution in [2.24, 2.45) is 22.8 Å². The predicted molar refractivity (Wildman–Crippen MR) is 47.6 cm³/mol. The van der Waals surface area contributed by atoms with Gasteiger partial charge in [0.1, 0.15) is 0 Å². The molecule has 0 bridgehead atoms. The summed E-state index contributed by atoms with van der Waals surface area (Å²) in [6.07, 6.45) is 1.44. The Labute approximate surface area is 73.4 Å². The maximum atomic E-state index is 6.26. The van der Waals surface area contributed by atoms with Crippen molar-refractivity contribution in [1.82, 2.24) is 0 Å². The molecule has 2 rings (SSSR count). The van der Waals surface area contributed by atoms with E-state index in [1.165, 1.54) is 0 Å². The molecule has 0 aromatic rings. The third kappa shape index (κ3) is 0.679. The lowest BCUT2D eigenvalue weighted by Crippen LogP contribution is -2.77. The van der Waals surface area contributed by atoms with Gasteiger partial charge in [0.15, 0.2) is 0 Å². The molecule has 0 aromatic heterocycles. The number of ether oxygens (including phenoxy) is 1.